The minimum atomic E-state index is 0.756. The van der Waals surface area contributed by atoms with E-state index in [1.54, 1.807) is 0 Å². The zero-order chi connectivity index (χ0) is 13.2. The highest BCUT2D eigenvalue weighted by Crippen LogP contribution is 2.26. The largest absolute Gasteiger partial charge is 0.380 e. The fourth-order valence-corrected chi connectivity index (χ4v) is 2.90. The molecule has 0 spiro atoms. The van der Waals surface area contributed by atoms with Crippen LogP contribution in [0.25, 0.3) is 0 Å². The smallest absolute Gasteiger partial charge is 0.0593 e. The Morgan fingerprint density at radius 1 is 1.22 bits per heavy atom. The Balaban J connectivity index is 2.28. The van der Waals surface area contributed by atoms with Gasteiger partial charge in [0.05, 0.1) is 6.61 Å². The molecule has 1 aliphatic carbocycles. The van der Waals surface area contributed by atoms with Crippen LogP contribution in [0.3, 0.4) is 0 Å². The first-order valence-electron chi connectivity index (χ1n) is 7.85. The highest BCUT2D eigenvalue weighted by molar-refractivity contribution is 4.85. The summed E-state index contributed by atoms with van der Waals surface area (Å²) in [4.78, 5) is 2.55. The van der Waals surface area contributed by atoms with Crippen LogP contribution >= 0.6 is 0 Å². The molecule has 18 heavy (non-hydrogen) atoms. The van der Waals surface area contributed by atoms with Gasteiger partial charge < -0.3 is 15.0 Å². The Hall–Kier alpha value is -0.120. The Kier molecular flexibility index (Phi) is 8.64. The van der Waals surface area contributed by atoms with Crippen molar-refractivity contribution in [3.8, 4) is 0 Å². The van der Waals surface area contributed by atoms with E-state index in [4.69, 9.17) is 4.74 Å². The third-order valence-corrected chi connectivity index (χ3v) is 4.01. The lowest BCUT2D eigenvalue weighted by Gasteiger charge is -2.28. The quantitative estimate of drug-likeness (QED) is 0.608. The molecule has 1 rings (SSSR count). The molecule has 0 aliphatic heterocycles. The average Bonchev–Trinajstić information content (AvgIpc) is 2.82. The number of likely N-dealkylation sites (N-methyl/N-ethyl adjacent to an activating group) is 1. The topological polar surface area (TPSA) is 24.5 Å². The maximum atomic E-state index is 5.46. The lowest BCUT2D eigenvalue weighted by atomic mass is 10.0. The SMILES string of the molecule is CCCNC1CCCC1CN(CC)CCOCC. The van der Waals surface area contributed by atoms with Crippen LogP contribution in [0.2, 0.25) is 0 Å². The van der Waals surface area contributed by atoms with Gasteiger partial charge in [-0.25, -0.2) is 0 Å². The first-order chi connectivity index (χ1) is 8.81. The molecule has 0 bridgehead atoms. The van der Waals surface area contributed by atoms with Crippen molar-refractivity contribution in [1.29, 1.82) is 0 Å². The van der Waals surface area contributed by atoms with Gasteiger partial charge >= 0.3 is 0 Å². The van der Waals surface area contributed by atoms with Crippen molar-refractivity contribution in [3.63, 3.8) is 0 Å². The van der Waals surface area contributed by atoms with Gasteiger partial charge in [-0.3, -0.25) is 0 Å². The van der Waals surface area contributed by atoms with E-state index >= 15 is 0 Å². The Morgan fingerprint density at radius 2 is 2.06 bits per heavy atom. The van der Waals surface area contributed by atoms with E-state index in [1.807, 2.05) is 0 Å². The van der Waals surface area contributed by atoms with Crippen molar-refractivity contribution in [2.24, 2.45) is 5.92 Å². The van der Waals surface area contributed by atoms with Crippen molar-refractivity contribution >= 4 is 0 Å². The maximum Gasteiger partial charge on any atom is 0.0593 e. The average molecular weight is 256 g/mol. The highest BCUT2D eigenvalue weighted by atomic mass is 16.5. The molecule has 0 aromatic rings. The minimum absolute atomic E-state index is 0.756. The fourth-order valence-electron chi connectivity index (χ4n) is 2.90. The van der Waals surface area contributed by atoms with E-state index in [0.717, 1.165) is 38.3 Å². The van der Waals surface area contributed by atoms with Gasteiger partial charge in [0, 0.05) is 25.7 Å². The summed E-state index contributed by atoms with van der Waals surface area (Å²) in [5, 5.41) is 3.72. The minimum Gasteiger partial charge on any atom is -0.380 e. The number of hydrogen-bond donors (Lipinski definition) is 1. The van der Waals surface area contributed by atoms with Crippen LogP contribution in [0.4, 0.5) is 0 Å². The summed E-state index contributed by atoms with van der Waals surface area (Å²) in [6.45, 7) is 12.9. The molecule has 3 nitrogen and oxygen atoms in total. The van der Waals surface area contributed by atoms with Crippen LogP contribution in [-0.2, 0) is 4.74 Å². The third kappa shape index (κ3) is 5.68. The van der Waals surface area contributed by atoms with Crippen molar-refractivity contribution in [3.05, 3.63) is 0 Å². The molecule has 1 fully saturated rings. The molecule has 2 unspecified atom stereocenters. The van der Waals surface area contributed by atoms with Crippen LogP contribution in [-0.4, -0.2) is 50.3 Å². The van der Waals surface area contributed by atoms with Gasteiger partial charge in [0.2, 0.25) is 0 Å². The zero-order valence-electron chi connectivity index (χ0n) is 12.6. The second-order valence-electron chi connectivity index (χ2n) is 5.34. The van der Waals surface area contributed by atoms with Gasteiger partial charge in [-0.05, 0) is 45.2 Å². The number of hydrogen-bond acceptors (Lipinski definition) is 3. The highest BCUT2D eigenvalue weighted by Gasteiger charge is 2.27. The van der Waals surface area contributed by atoms with Crippen molar-refractivity contribution in [2.75, 3.05) is 39.4 Å². The molecule has 3 heteroatoms. The van der Waals surface area contributed by atoms with E-state index in [2.05, 4.69) is 31.0 Å². The normalized spacial score (nSPS) is 24.0. The molecule has 0 heterocycles. The molecule has 2 atom stereocenters. The van der Waals surface area contributed by atoms with E-state index in [1.165, 1.54) is 38.8 Å². The van der Waals surface area contributed by atoms with Gasteiger partial charge in [0.25, 0.3) is 0 Å². The summed E-state index contributed by atoms with van der Waals surface area (Å²) in [6, 6.07) is 0.756. The monoisotopic (exact) mass is 256 g/mol. The van der Waals surface area contributed by atoms with Crippen molar-refractivity contribution < 1.29 is 4.74 Å². The summed E-state index contributed by atoms with van der Waals surface area (Å²) in [5.74, 6) is 0.845. The van der Waals surface area contributed by atoms with Crippen LogP contribution in [0.15, 0.2) is 0 Å². The summed E-state index contributed by atoms with van der Waals surface area (Å²) in [7, 11) is 0. The molecule has 1 aliphatic rings. The fraction of sp³-hybridized carbons (Fsp3) is 1.00. The lowest BCUT2D eigenvalue weighted by Crippen LogP contribution is -2.40. The zero-order valence-corrected chi connectivity index (χ0v) is 12.6. The second kappa shape index (κ2) is 9.76. The maximum absolute atomic E-state index is 5.46. The summed E-state index contributed by atoms with van der Waals surface area (Å²) in [5.41, 5.74) is 0. The first-order valence-corrected chi connectivity index (χ1v) is 7.85. The van der Waals surface area contributed by atoms with Crippen LogP contribution in [0.1, 0.15) is 46.5 Å². The summed E-state index contributed by atoms with van der Waals surface area (Å²) in [6.07, 6.45) is 5.40. The predicted octanol–water partition coefficient (Wildman–Crippen LogP) is 2.51. The molecule has 0 aromatic carbocycles. The van der Waals surface area contributed by atoms with Crippen LogP contribution in [0, 0.1) is 5.92 Å². The molecule has 0 aromatic heterocycles. The predicted molar refractivity (Wildman–Crippen MR) is 78.0 cm³/mol. The van der Waals surface area contributed by atoms with Gasteiger partial charge in [-0.15, -0.1) is 0 Å². The van der Waals surface area contributed by atoms with E-state index < -0.39 is 0 Å². The molecule has 1 N–H and O–H groups in total. The van der Waals surface area contributed by atoms with E-state index in [-0.39, 0.29) is 0 Å². The number of ether oxygens (including phenoxy) is 1. The molecule has 0 amide bonds. The Morgan fingerprint density at radius 3 is 2.72 bits per heavy atom. The number of rotatable bonds is 10. The van der Waals surface area contributed by atoms with E-state index in [0.29, 0.717) is 0 Å². The Bertz CT molecular complexity index is 199. The standard InChI is InChI=1S/C15H32N2O/c1-4-10-16-15-9-7-8-14(15)13-17(5-2)11-12-18-6-3/h14-16H,4-13H2,1-3H3. The lowest BCUT2D eigenvalue weighted by molar-refractivity contribution is 0.106. The van der Waals surface area contributed by atoms with Gasteiger partial charge in [-0.2, -0.15) is 0 Å². The van der Waals surface area contributed by atoms with Crippen molar-refractivity contribution in [1.82, 2.24) is 10.2 Å². The number of nitrogens with one attached hydrogen (secondary N) is 1. The Labute approximate surface area is 113 Å². The van der Waals surface area contributed by atoms with Crippen LogP contribution < -0.4 is 5.32 Å². The van der Waals surface area contributed by atoms with Crippen LogP contribution in [0.5, 0.6) is 0 Å². The molecule has 0 saturated heterocycles. The molecular weight excluding hydrogens is 224 g/mol. The van der Waals surface area contributed by atoms with Crippen molar-refractivity contribution in [2.45, 2.75) is 52.5 Å². The number of nitrogens with zero attached hydrogens (tertiary/aromatic N) is 1. The molecule has 108 valence electrons. The van der Waals surface area contributed by atoms with Gasteiger partial charge in [0.1, 0.15) is 0 Å². The molecule has 1 saturated carbocycles. The summed E-state index contributed by atoms with van der Waals surface area (Å²) < 4.78 is 5.46. The van der Waals surface area contributed by atoms with E-state index in [9.17, 15) is 0 Å². The van der Waals surface area contributed by atoms with Gasteiger partial charge in [0.15, 0.2) is 0 Å². The van der Waals surface area contributed by atoms with Gasteiger partial charge in [-0.1, -0.05) is 20.3 Å². The molecular formula is C15H32N2O. The summed E-state index contributed by atoms with van der Waals surface area (Å²) >= 11 is 0. The second-order valence-corrected chi connectivity index (χ2v) is 5.34. The molecule has 0 radical (unpaired) electrons. The first kappa shape index (κ1) is 15.9. The third-order valence-electron chi connectivity index (χ3n) is 4.01.